The van der Waals surface area contributed by atoms with Crippen LogP contribution in [0.1, 0.15) is 22.8 Å². The molecule has 0 aliphatic heterocycles. The fourth-order valence-electron chi connectivity index (χ4n) is 1.37. The molecule has 4 nitrogen and oxygen atoms in total. The minimum absolute atomic E-state index is 0.127. The standard InChI is InChI=1S/C13H16O4S/c1-9(13(16)17-2)7-18-8-10-3-5-11(6-4-10)12(14)15/h3-6,9H,7-8H2,1-2H3,(H,14,15). The van der Waals surface area contributed by atoms with Gasteiger partial charge in [0.2, 0.25) is 0 Å². The molecular weight excluding hydrogens is 252 g/mol. The quantitative estimate of drug-likeness (QED) is 0.803. The number of hydrogen-bond donors (Lipinski definition) is 1. The summed E-state index contributed by atoms with van der Waals surface area (Å²) in [5, 5.41) is 8.76. The predicted molar refractivity (Wildman–Crippen MR) is 70.7 cm³/mol. The van der Waals surface area contributed by atoms with Gasteiger partial charge < -0.3 is 9.84 Å². The lowest BCUT2D eigenvalue weighted by molar-refractivity contribution is -0.144. The van der Waals surface area contributed by atoms with Crippen LogP contribution in [0.5, 0.6) is 0 Å². The average molecular weight is 268 g/mol. The normalized spacial score (nSPS) is 11.9. The van der Waals surface area contributed by atoms with E-state index in [1.54, 1.807) is 36.0 Å². The Morgan fingerprint density at radius 1 is 1.33 bits per heavy atom. The Balaban J connectivity index is 2.40. The molecular formula is C13H16O4S. The number of rotatable bonds is 6. The highest BCUT2D eigenvalue weighted by Crippen LogP contribution is 2.16. The van der Waals surface area contributed by atoms with Gasteiger partial charge in [0.15, 0.2) is 0 Å². The molecule has 5 heteroatoms. The molecule has 1 atom stereocenters. The van der Waals surface area contributed by atoms with Crippen LogP contribution in [0.25, 0.3) is 0 Å². The summed E-state index contributed by atoms with van der Waals surface area (Å²) in [5.41, 5.74) is 1.33. The molecule has 1 N–H and O–H groups in total. The average Bonchev–Trinajstić information content (AvgIpc) is 2.38. The summed E-state index contributed by atoms with van der Waals surface area (Å²) in [6.07, 6.45) is 0. The van der Waals surface area contributed by atoms with Gasteiger partial charge in [0.05, 0.1) is 18.6 Å². The van der Waals surface area contributed by atoms with Crippen molar-refractivity contribution in [2.75, 3.05) is 12.9 Å². The molecule has 1 aromatic carbocycles. The van der Waals surface area contributed by atoms with Crippen LogP contribution in [0.2, 0.25) is 0 Å². The van der Waals surface area contributed by atoms with E-state index < -0.39 is 5.97 Å². The van der Waals surface area contributed by atoms with Gasteiger partial charge in [-0.25, -0.2) is 4.79 Å². The van der Waals surface area contributed by atoms with E-state index in [-0.39, 0.29) is 17.5 Å². The van der Waals surface area contributed by atoms with Crippen molar-refractivity contribution in [3.8, 4) is 0 Å². The Morgan fingerprint density at radius 2 is 1.94 bits per heavy atom. The summed E-state index contributed by atoms with van der Waals surface area (Å²) in [7, 11) is 1.38. The first-order valence-corrected chi connectivity index (χ1v) is 6.68. The SMILES string of the molecule is COC(=O)C(C)CSCc1ccc(C(=O)O)cc1. The highest BCUT2D eigenvalue weighted by Gasteiger charge is 2.12. The first-order valence-electron chi connectivity index (χ1n) is 5.52. The molecule has 0 aromatic heterocycles. The number of carbonyl (C=O) groups is 2. The molecule has 0 amide bonds. The number of carboxylic acid groups (broad SMARTS) is 1. The van der Waals surface area contributed by atoms with Gasteiger partial charge >= 0.3 is 11.9 Å². The van der Waals surface area contributed by atoms with Crippen LogP contribution in [0.4, 0.5) is 0 Å². The highest BCUT2D eigenvalue weighted by atomic mass is 32.2. The zero-order valence-electron chi connectivity index (χ0n) is 10.4. The van der Waals surface area contributed by atoms with Crippen molar-refractivity contribution < 1.29 is 19.4 Å². The zero-order chi connectivity index (χ0) is 13.5. The maximum atomic E-state index is 11.2. The van der Waals surface area contributed by atoms with Gasteiger partial charge in [0.25, 0.3) is 0 Å². The van der Waals surface area contributed by atoms with Gasteiger partial charge in [-0.05, 0) is 17.7 Å². The summed E-state index contributed by atoms with van der Waals surface area (Å²) in [6.45, 7) is 1.83. The molecule has 18 heavy (non-hydrogen) atoms. The topological polar surface area (TPSA) is 63.6 Å². The Kier molecular flexibility index (Phi) is 5.71. The van der Waals surface area contributed by atoms with Gasteiger partial charge in [-0.2, -0.15) is 11.8 Å². The summed E-state index contributed by atoms with van der Waals surface area (Å²) in [5.74, 6) is 0.185. The maximum absolute atomic E-state index is 11.2. The lowest BCUT2D eigenvalue weighted by atomic mass is 10.1. The van der Waals surface area contributed by atoms with E-state index in [1.165, 1.54) is 7.11 Å². The molecule has 0 aliphatic rings. The number of thioether (sulfide) groups is 1. The molecule has 0 saturated carbocycles. The zero-order valence-corrected chi connectivity index (χ0v) is 11.2. The van der Waals surface area contributed by atoms with E-state index in [9.17, 15) is 9.59 Å². The number of ether oxygens (including phenoxy) is 1. The molecule has 1 aromatic rings. The summed E-state index contributed by atoms with van der Waals surface area (Å²) in [6, 6.07) is 6.75. The summed E-state index contributed by atoms with van der Waals surface area (Å²) < 4.78 is 4.64. The van der Waals surface area contributed by atoms with Crippen molar-refractivity contribution in [3.05, 3.63) is 35.4 Å². The van der Waals surface area contributed by atoms with Crippen molar-refractivity contribution in [3.63, 3.8) is 0 Å². The third-order valence-corrected chi connectivity index (χ3v) is 3.71. The van der Waals surface area contributed by atoms with Gasteiger partial charge in [-0.3, -0.25) is 4.79 Å². The van der Waals surface area contributed by atoms with Crippen molar-refractivity contribution in [1.82, 2.24) is 0 Å². The van der Waals surface area contributed by atoms with E-state index in [1.807, 2.05) is 6.92 Å². The van der Waals surface area contributed by atoms with Gasteiger partial charge in [-0.15, -0.1) is 0 Å². The highest BCUT2D eigenvalue weighted by molar-refractivity contribution is 7.98. The smallest absolute Gasteiger partial charge is 0.335 e. The number of carbonyl (C=O) groups excluding carboxylic acids is 1. The molecule has 0 heterocycles. The Hall–Kier alpha value is -1.49. The number of carboxylic acids is 1. The minimum Gasteiger partial charge on any atom is -0.478 e. The van der Waals surface area contributed by atoms with Gasteiger partial charge in [0, 0.05) is 11.5 Å². The Bertz CT molecular complexity index is 414. The van der Waals surface area contributed by atoms with Crippen LogP contribution in [0.15, 0.2) is 24.3 Å². The maximum Gasteiger partial charge on any atom is 0.335 e. The molecule has 1 rings (SSSR count). The van der Waals surface area contributed by atoms with E-state index in [2.05, 4.69) is 4.74 Å². The third kappa shape index (κ3) is 4.41. The van der Waals surface area contributed by atoms with Crippen LogP contribution in [-0.2, 0) is 15.3 Å². The molecule has 0 saturated heterocycles. The minimum atomic E-state index is -0.923. The first-order chi connectivity index (χ1) is 8.54. The molecule has 0 bridgehead atoms. The molecule has 1 unspecified atom stereocenters. The first kappa shape index (κ1) is 14.6. The Labute approximate surface area is 110 Å². The molecule has 0 aliphatic carbocycles. The monoisotopic (exact) mass is 268 g/mol. The van der Waals surface area contributed by atoms with Crippen molar-refractivity contribution in [2.45, 2.75) is 12.7 Å². The molecule has 0 spiro atoms. The fraction of sp³-hybridized carbons (Fsp3) is 0.385. The summed E-state index contributed by atoms with van der Waals surface area (Å²) >= 11 is 1.62. The fourth-order valence-corrected chi connectivity index (χ4v) is 2.40. The van der Waals surface area contributed by atoms with Crippen molar-refractivity contribution in [2.24, 2.45) is 5.92 Å². The lowest BCUT2D eigenvalue weighted by Gasteiger charge is -2.08. The van der Waals surface area contributed by atoms with Crippen LogP contribution < -0.4 is 0 Å². The van der Waals surface area contributed by atoms with E-state index >= 15 is 0 Å². The van der Waals surface area contributed by atoms with Crippen LogP contribution >= 0.6 is 11.8 Å². The lowest BCUT2D eigenvalue weighted by Crippen LogP contribution is -2.14. The third-order valence-electron chi connectivity index (χ3n) is 2.44. The number of hydrogen-bond acceptors (Lipinski definition) is 4. The Morgan fingerprint density at radius 3 is 2.44 bits per heavy atom. The number of aromatic carboxylic acids is 1. The second-order valence-electron chi connectivity index (χ2n) is 3.94. The van der Waals surface area contributed by atoms with Crippen LogP contribution in [0, 0.1) is 5.92 Å². The number of benzene rings is 1. The van der Waals surface area contributed by atoms with Gasteiger partial charge in [0.1, 0.15) is 0 Å². The van der Waals surface area contributed by atoms with Crippen molar-refractivity contribution >= 4 is 23.7 Å². The molecule has 0 fully saturated rings. The van der Waals surface area contributed by atoms with Gasteiger partial charge in [-0.1, -0.05) is 19.1 Å². The van der Waals surface area contributed by atoms with Crippen LogP contribution in [0.3, 0.4) is 0 Å². The molecule has 0 radical (unpaired) electrons. The van der Waals surface area contributed by atoms with Crippen LogP contribution in [-0.4, -0.2) is 29.9 Å². The van der Waals surface area contributed by atoms with Crippen molar-refractivity contribution in [1.29, 1.82) is 0 Å². The van der Waals surface area contributed by atoms with E-state index in [0.29, 0.717) is 5.75 Å². The van der Waals surface area contributed by atoms with E-state index in [4.69, 9.17) is 5.11 Å². The molecule has 98 valence electrons. The number of methoxy groups -OCH3 is 1. The number of esters is 1. The second-order valence-corrected chi connectivity index (χ2v) is 4.97. The largest absolute Gasteiger partial charge is 0.478 e. The summed E-state index contributed by atoms with van der Waals surface area (Å²) in [4.78, 5) is 21.8. The predicted octanol–water partition coefficient (Wildman–Crippen LogP) is 2.43. The second kappa shape index (κ2) is 7.06. The van der Waals surface area contributed by atoms with E-state index in [0.717, 1.165) is 11.3 Å².